The lowest BCUT2D eigenvalue weighted by atomic mass is 9.93. The average Bonchev–Trinajstić information content (AvgIpc) is 2.89. The number of hydrogen-bond donors (Lipinski definition) is 0. The van der Waals surface area contributed by atoms with Crippen LogP contribution >= 0.6 is 0 Å². The van der Waals surface area contributed by atoms with Crippen LogP contribution in [0.25, 0.3) is 11.1 Å². The molecule has 4 aromatic rings. The molecule has 38 heavy (non-hydrogen) atoms. The Morgan fingerprint density at radius 3 is 1.26 bits per heavy atom. The van der Waals surface area contributed by atoms with Gasteiger partial charge in [-0.25, -0.2) is 4.79 Å². The molecule has 0 saturated heterocycles. The number of carbonyl (C=O) groups is 2. The third-order valence-corrected chi connectivity index (χ3v) is 5.70. The third-order valence-electron chi connectivity index (χ3n) is 5.70. The van der Waals surface area contributed by atoms with Crippen LogP contribution in [0.4, 0.5) is 4.79 Å². The molecule has 0 heterocycles. The minimum Gasteiger partial charge on any atom is -0.497 e. The number of hydrogen-bond acceptors (Lipinski definition) is 6. The predicted octanol–water partition coefficient (Wildman–Crippen LogP) is 8.29. The number of rotatable bonds is 7. The zero-order valence-corrected chi connectivity index (χ0v) is 20.3. The van der Waals surface area contributed by atoms with E-state index in [1.54, 1.807) is 43.5 Å². The van der Waals surface area contributed by atoms with Crippen LogP contribution in [0.3, 0.4) is 0 Å². The molecule has 4 rings (SSSR count). The first-order valence-corrected chi connectivity index (χ1v) is 11.4. The number of methoxy groups -OCH3 is 1. The van der Waals surface area contributed by atoms with Gasteiger partial charge in [-0.1, -0.05) is 70.3 Å². The number of esters is 1. The molecule has 0 aliphatic carbocycles. The fourth-order valence-corrected chi connectivity index (χ4v) is 3.72. The first-order chi connectivity index (χ1) is 17.4. The molecule has 0 aliphatic heterocycles. The molecule has 0 radical (unpaired) electrons. The summed E-state index contributed by atoms with van der Waals surface area (Å²) in [6.07, 6.45) is -0.815. The summed E-state index contributed by atoms with van der Waals surface area (Å²) in [4.78, 5) is 23.3. The molecular weight excluding hydrogens is 480 g/mol. The summed E-state index contributed by atoms with van der Waals surface area (Å²) in [5.41, 5.74) is 4.11. The normalized spacial score (nSPS) is 10.7. The molecular formula is C32H34O6. The summed E-state index contributed by atoms with van der Waals surface area (Å²) in [5.74, 6) is 1.87. The molecule has 0 amide bonds. The number of carbonyl (C=O) groups excluding carboxylic acids is 2. The standard InChI is InChI=1S/C30H26O6.2CH4/c1-20(22-4-12-26(33-3)13-5-22)23-6-14-28(15-7-23)35-30(32)36-29-18-10-25(11-19-29)24-8-16-27(17-9-24)34-21(2)31;;/h4-20H,1-3H3;2*1H4. The Labute approximate surface area is 224 Å². The van der Waals surface area contributed by atoms with E-state index in [2.05, 4.69) is 6.92 Å². The summed E-state index contributed by atoms with van der Waals surface area (Å²) < 4.78 is 20.9. The molecule has 6 heteroatoms. The monoisotopic (exact) mass is 514 g/mol. The summed E-state index contributed by atoms with van der Waals surface area (Å²) in [5, 5.41) is 0. The van der Waals surface area contributed by atoms with Crippen molar-refractivity contribution in [1.82, 2.24) is 0 Å². The van der Waals surface area contributed by atoms with Gasteiger partial charge in [0.15, 0.2) is 0 Å². The van der Waals surface area contributed by atoms with Crippen molar-refractivity contribution in [2.75, 3.05) is 7.11 Å². The molecule has 1 atom stereocenters. The van der Waals surface area contributed by atoms with Crippen LogP contribution in [-0.4, -0.2) is 19.2 Å². The van der Waals surface area contributed by atoms with Crippen molar-refractivity contribution in [1.29, 1.82) is 0 Å². The number of benzene rings is 4. The van der Waals surface area contributed by atoms with E-state index in [9.17, 15) is 9.59 Å². The molecule has 198 valence electrons. The van der Waals surface area contributed by atoms with E-state index in [1.165, 1.54) is 6.92 Å². The van der Waals surface area contributed by atoms with Crippen LogP contribution in [0.15, 0.2) is 97.1 Å². The highest BCUT2D eigenvalue weighted by Gasteiger charge is 2.12. The topological polar surface area (TPSA) is 71.1 Å². The molecule has 1 unspecified atom stereocenters. The number of ether oxygens (including phenoxy) is 4. The van der Waals surface area contributed by atoms with E-state index < -0.39 is 6.16 Å². The lowest BCUT2D eigenvalue weighted by Gasteiger charge is -2.14. The van der Waals surface area contributed by atoms with Crippen molar-refractivity contribution in [3.8, 4) is 34.1 Å². The maximum Gasteiger partial charge on any atom is 0.519 e. The van der Waals surface area contributed by atoms with Gasteiger partial charge >= 0.3 is 12.1 Å². The third kappa shape index (κ3) is 7.71. The van der Waals surface area contributed by atoms with E-state index in [0.717, 1.165) is 28.0 Å². The van der Waals surface area contributed by atoms with Crippen LogP contribution in [0.5, 0.6) is 23.0 Å². The summed E-state index contributed by atoms with van der Waals surface area (Å²) >= 11 is 0. The molecule has 0 bridgehead atoms. The van der Waals surface area contributed by atoms with Crippen LogP contribution < -0.4 is 18.9 Å². The fourth-order valence-electron chi connectivity index (χ4n) is 3.72. The van der Waals surface area contributed by atoms with Gasteiger partial charge in [0.2, 0.25) is 0 Å². The van der Waals surface area contributed by atoms with Crippen molar-refractivity contribution in [2.24, 2.45) is 0 Å². The lowest BCUT2D eigenvalue weighted by Crippen LogP contribution is -2.13. The van der Waals surface area contributed by atoms with Gasteiger partial charge in [0, 0.05) is 12.8 Å². The van der Waals surface area contributed by atoms with Crippen LogP contribution in [-0.2, 0) is 4.79 Å². The zero-order chi connectivity index (χ0) is 25.5. The summed E-state index contributed by atoms with van der Waals surface area (Å²) in [6, 6.07) is 29.5. The van der Waals surface area contributed by atoms with Gasteiger partial charge in [0.1, 0.15) is 23.0 Å². The Balaban J connectivity index is 0.00000253. The highest BCUT2D eigenvalue weighted by molar-refractivity contribution is 5.71. The van der Waals surface area contributed by atoms with Crippen LogP contribution in [0.2, 0.25) is 0 Å². The maximum atomic E-state index is 12.3. The van der Waals surface area contributed by atoms with Gasteiger partial charge in [-0.2, -0.15) is 0 Å². The molecule has 0 spiro atoms. The second-order valence-corrected chi connectivity index (χ2v) is 8.16. The van der Waals surface area contributed by atoms with E-state index >= 15 is 0 Å². The molecule has 6 nitrogen and oxygen atoms in total. The molecule has 0 saturated carbocycles. The Morgan fingerprint density at radius 1 is 0.553 bits per heavy atom. The van der Waals surface area contributed by atoms with E-state index in [-0.39, 0.29) is 26.7 Å². The lowest BCUT2D eigenvalue weighted by molar-refractivity contribution is -0.131. The van der Waals surface area contributed by atoms with Gasteiger partial charge in [0.25, 0.3) is 0 Å². The summed E-state index contributed by atoms with van der Waals surface area (Å²) in [7, 11) is 1.65. The smallest absolute Gasteiger partial charge is 0.497 e. The van der Waals surface area contributed by atoms with E-state index in [1.807, 2.05) is 60.7 Å². The molecule has 0 N–H and O–H groups in total. The van der Waals surface area contributed by atoms with E-state index in [0.29, 0.717) is 17.2 Å². The zero-order valence-electron chi connectivity index (χ0n) is 20.3. The average molecular weight is 515 g/mol. The highest BCUT2D eigenvalue weighted by atomic mass is 16.7. The first-order valence-electron chi connectivity index (χ1n) is 11.4. The van der Waals surface area contributed by atoms with E-state index in [4.69, 9.17) is 18.9 Å². The van der Waals surface area contributed by atoms with Crippen molar-refractivity contribution in [3.05, 3.63) is 108 Å². The van der Waals surface area contributed by atoms with Gasteiger partial charge in [-0.15, -0.1) is 0 Å². The fraction of sp³-hybridized carbons (Fsp3) is 0.188. The van der Waals surface area contributed by atoms with Crippen molar-refractivity contribution in [2.45, 2.75) is 34.6 Å². The minimum atomic E-state index is -0.815. The minimum absolute atomic E-state index is 0. The van der Waals surface area contributed by atoms with Gasteiger partial charge in [-0.05, 0) is 70.8 Å². The Hall–Kier alpha value is -4.58. The van der Waals surface area contributed by atoms with Gasteiger partial charge < -0.3 is 18.9 Å². The molecule has 0 aliphatic rings. The van der Waals surface area contributed by atoms with Crippen molar-refractivity contribution < 1.29 is 28.5 Å². The first kappa shape index (κ1) is 29.6. The second-order valence-electron chi connectivity index (χ2n) is 8.16. The van der Waals surface area contributed by atoms with Crippen molar-refractivity contribution >= 4 is 12.1 Å². The largest absolute Gasteiger partial charge is 0.519 e. The molecule has 0 fully saturated rings. The molecule has 0 aromatic heterocycles. The van der Waals surface area contributed by atoms with Crippen LogP contribution in [0, 0.1) is 0 Å². The van der Waals surface area contributed by atoms with Crippen molar-refractivity contribution in [3.63, 3.8) is 0 Å². The SMILES string of the molecule is C.C.COc1ccc(C(C)c2ccc(OC(=O)Oc3ccc(-c4ccc(OC(C)=O)cc4)cc3)cc2)cc1. The Bertz CT molecular complexity index is 1310. The van der Waals surface area contributed by atoms with Gasteiger partial charge in [-0.3, -0.25) is 4.79 Å². The quantitative estimate of drug-likeness (QED) is 0.140. The van der Waals surface area contributed by atoms with Crippen LogP contribution in [0.1, 0.15) is 45.7 Å². The highest BCUT2D eigenvalue weighted by Crippen LogP contribution is 2.28. The molecule has 4 aromatic carbocycles. The summed E-state index contributed by atoms with van der Waals surface area (Å²) in [6.45, 7) is 3.47. The predicted molar refractivity (Wildman–Crippen MR) is 150 cm³/mol. The Kier molecular flexibility index (Phi) is 10.7. The maximum absolute atomic E-state index is 12.3. The second kappa shape index (κ2) is 13.7. The Morgan fingerprint density at radius 2 is 0.895 bits per heavy atom. The van der Waals surface area contributed by atoms with Gasteiger partial charge in [0.05, 0.1) is 7.11 Å².